The lowest BCUT2D eigenvalue weighted by molar-refractivity contribution is -0.140. The zero-order valence-electron chi connectivity index (χ0n) is 14.0. The van der Waals surface area contributed by atoms with E-state index in [9.17, 15) is 4.79 Å². The van der Waals surface area contributed by atoms with Gasteiger partial charge in [0.1, 0.15) is 12.4 Å². The van der Waals surface area contributed by atoms with E-state index in [1.54, 1.807) is 7.11 Å². The average Bonchev–Trinajstić information content (AvgIpc) is 2.55. The maximum Gasteiger partial charge on any atom is 0.338 e. The summed E-state index contributed by atoms with van der Waals surface area (Å²) >= 11 is 5.22. The maximum absolute atomic E-state index is 12.5. The standard InChI is InChI=1S/C17H22N2O4S/c1-4-22-13-7-5-12(6-8-13)15-14(11(2)18-17(24)19-15)16(20)23-10-9-21-3/h5-8,15H,4,9-10H2,1-3H3,(H2,18,19,24)/t15-/m0/s1. The van der Waals surface area contributed by atoms with Crippen LogP contribution in [0.2, 0.25) is 0 Å². The molecule has 0 amide bonds. The number of carbonyl (C=O) groups excluding carboxylic acids is 1. The average molecular weight is 350 g/mol. The van der Waals surface area contributed by atoms with Crippen molar-refractivity contribution in [3.63, 3.8) is 0 Å². The van der Waals surface area contributed by atoms with Crippen molar-refractivity contribution in [2.45, 2.75) is 19.9 Å². The first-order chi connectivity index (χ1) is 11.6. The van der Waals surface area contributed by atoms with Crippen molar-refractivity contribution in [1.29, 1.82) is 0 Å². The molecule has 6 nitrogen and oxygen atoms in total. The first-order valence-corrected chi connectivity index (χ1v) is 8.14. The number of methoxy groups -OCH3 is 1. The van der Waals surface area contributed by atoms with Crippen LogP contribution in [0.4, 0.5) is 0 Å². The highest BCUT2D eigenvalue weighted by Gasteiger charge is 2.30. The highest BCUT2D eigenvalue weighted by atomic mass is 32.1. The topological polar surface area (TPSA) is 68.8 Å². The van der Waals surface area contributed by atoms with E-state index in [2.05, 4.69) is 10.6 Å². The Hall–Kier alpha value is -2.12. The van der Waals surface area contributed by atoms with Gasteiger partial charge in [-0.05, 0) is 43.8 Å². The molecular formula is C17H22N2O4S. The Morgan fingerprint density at radius 2 is 1.96 bits per heavy atom. The van der Waals surface area contributed by atoms with Crippen LogP contribution >= 0.6 is 12.2 Å². The van der Waals surface area contributed by atoms with Gasteiger partial charge >= 0.3 is 5.97 Å². The lowest BCUT2D eigenvalue weighted by atomic mass is 9.95. The van der Waals surface area contributed by atoms with Crippen LogP contribution in [0.5, 0.6) is 5.75 Å². The zero-order valence-corrected chi connectivity index (χ0v) is 14.9. The normalized spacial score (nSPS) is 17.1. The highest BCUT2D eigenvalue weighted by molar-refractivity contribution is 7.80. The van der Waals surface area contributed by atoms with Crippen molar-refractivity contribution in [1.82, 2.24) is 10.6 Å². The molecule has 2 rings (SSSR count). The van der Waals surface area contributed by atoms with Crippen LogP contribution < -0.4 is 15.4 Å². The van der Waals surface area contributed by atoms with Gasteiger partial charge in [0.2, 0.25) is 0 Å². The second kappa shape index (κ2) is 8.65. The molecule has 24 heavy (non-hydrogen) atoms. The van der Waals surface area contributed by atoms with E-state index in [1.807, 2.05) is 38.1 Å². The molecule has 0 spiro atoms. The van der Waals surface area contributed by atoms with E-state index in [0.717, 1.165) is 11.3 Å². The van der Waals surface area contributed by atoms with E-state index in [4.69, 9.17) is 26.4 Å². The van der Waals surface area contributed by atoms with Crippen molar-refractivity contribution in [2.75, 3.05) is 26.9 Å². The van der Waals surface area contributed by atoms with Crippen LogP contribution in [0.3, 0.4) is 0 Å². The molecule has 0 bridgehead atoms. The van der Waals surface area contributed by atoms with Gasteiger partial charge in [0.15, 0.2) is 5.11 Å². The predicted molar refractivity (Wildman–Crippen MR) is 94.8 cm³/mol. The van der Waals surface area contributed by atoms with Gasteiger partial charge in [-0.25, -0.2) is 4.79 Å². The van der Waals surface area contributed by atoms with Crippen LogP contribution in [0.15, 0.2) is 35.5 Å². The fraction of sp³-hybridized carbons (Fsp3) is 0.412. The summed E-state index contributed by atoms with van der Waals surface area (Å²) in [6.07, 6.45) is 0. The number of carbonyl (C=O) groups is 1. The molecule has 0 saturated heterocycles. The molecule has 1 heterocycles. The second-order valence-electron chi connectivity index (χ2n) is 5.20. The van der Waals surface area contributed by atoms with Crippen LogP contribution in [0, 0.1) is 0 Å². The van der Waals surface area contributed by atoms with E-state index < -0.39 is 5.97 Å². The van der Waals surface area contributed by atoms with E-state index in [-0.39, 0.29) is 12.6 Å². The molecule has 0 saturated carbocycles. The third-order valence-corrected chi connectivity index (χ3v) is 3.75. The first kappa shape index (κ1) is 18.2. The largest absolute Gasteiger partial charge is 0.494 e. The molecule has 1 aromatic rings. The third-order valence-electron chi connectivity index (χ3n) is 3.53. The molecule has 1 aliphatic heterocycles. The molecule has 130 valence electrons. The van der Waals surface area contributed by atoms with Gasteiger partial charge in [0, 0.05) is 12.8 Å². The molecular weight excluding hydrogens is 328 g/mol. The van der Waals surface area contributed by atoms with Crippen molar-refractivity contribution in [3.05, 3.63) is 41.1 Å². The Labute approximate surface area is 147 Å². The first-order valence-electron chi connectivity index (χ1n) is 7.74. The fourth-order valence-corrected chi connectivity index (χ4v) is 2.70. The summed E-state index contributed by atoms with van der Waals surface area (Å²) < 4.78 is 15.6. The molecule has 0 aromatic heterocycles. The van der Waals surface area contributed by atoms with Gasteiger partial charge in [-0.15, -0.1) is 0 Å². The van der Waals surface area contributed by atoms with Crippen LogP contribution in [0.1, 0.15) is 25.5 Å². The SMILES string of the molecule is CCOc1ccc([C@@H]2NC(=S)NC(C)=C2C(=O)OCCOC)cc1. The Kier molecular flexibility index (Phi) is 6.57. The lowest BCUT2D eigenvalue weighted by Gasteiger charge is -2.30. The summed E-state index contributed by atoms with van der Waals surface area (Å²) in [5, 5.41) is 6.57. The molecule has 7 heteroatoms. The maximum atomic E-state index is 12.5. The van der Waals surface area contributed by atoms with E-state index >= 15 is 0 Å². The monoisotopic (exact) mass is 350 g/mol. The molecule has 0 aliphatic carbocycles. The molecule has 2 N–H and O–H groups in total. The number of thiocarbonyl (C=S) groups is 1. The summed E-state index contributed by atoms with van der Waals surface area (Å²) in [6.45, 7) is 4.89. The second-order valence-corrected chi connectivity index (χ2v) is 5.61. The molecule has 1 atom stereocenters. The Bertz CT molecular complexity index is 628. The van der Waals surface area contributed by atoms with Gasteiger partial charge in [0.25, 0.3) is 0 Å². The Balaban J connectivity index is 2.25. The van der Waals surface area contributed by atoms with E-state index in [0.29, 0.717) is 29.6 Å². The van der Waals surface area contributed by atoms with Gasteiger partial charge in [-0.3, -0.25) is 0 Å². The summed E-state index contributed by atoms with van der Waals surface area (Å²) in [5.41, 5.74) is 2.09. The zero-order chi connectivity index (χ0) is 17.5. The minimum absolute atomic E-state index is 0.201. The smallest absolute Gasteiger partial charge is 0.338 e. The van der Waals surface area contributed by atoms with Crippen LogP contribution in [-0.2, 0) is 14.3 Å². The van der Waals surface area contributed by atoms with Crippen molar-refractivity contribution < 1.29 is 19.0 Å². The number of hydrogen-bond donors (Lipinski definition) is 2. The molecule has 1 aromatic carbocycles. The summed E-state index contributed by atoms with van der Waals surface area (Å²) in [5.74, 6) is 0.383. The minimum atomic E-state index is -0.397. The van der Waals surface area contributed by atoms with Gasteiger partial charge < -0.3 is 24.8 Å². The predicted octanol–water partition coefficient (Wildman–Crippen LogP) is 2.07. The van der Waals surface area contributed by atoms with Gasteiger partial charge in [-0.2, -0.15) is 0 Å². The number of benzene rings is 1. The fourth-order valence-electron chi connectivity index (χ4n) is 2.43. The van der Waals surface area contributed by atoms with Crippen molar-refractivity contribution >= 4 is 23.3 Å². The number of rotatable bonds is 7. The van der Waals surface area contributed by atoms with Gasteiger partial charge in [0.05, 0.1) is 24.8 Å². The number of ether oxygens (including phenoxy) is 3. The lowest BCUT2D eigenvalue weighted by Crippen LogP contribution is -2.45. The third kappa shape index (κ3) is 4.46. The molecule has 0 unspecified atom stereocenters. The number of hydrogen-bond acceptors (Lipinski definition) is 5. The number of nitrogens with one attached hydrogen (secondary N) is 2. The summed E-state index contributed by atoms with van der Waals surface area (Å²) in [6, 6.07) is 7.19. The quantitative estimate of drug-likeness (QED) is 0.443. The Morgan fingerprint density at radius 3 is 2.58 bits per heavy atom. The highest BCUT2D eigenvalue weighted by Crippen LogP contribution is 2.28. The van der Waals surface area contributed by atoms with E-state index in [1.165, 1.54) is 0 Å². The van der Waals surface area contributed by atoms with Crippen molar-refractivity contribution in [2.24, 2.45) is 0 Å². The summed E-state index contributed by atoms with van der Waals surface area (Å²) in [4.78, 5) is 12.5. The number of allylic oxidation sites excluding steroid dienone is 1. The number of esters is 1. The van der Waals surface area contributed by atoms with Crippen molar-refractivity contribution in [3.8, 4) is 5.75 Å². The molecule has 1 aliphatic rings. The Morgan fingerprint density at radius 1 is 1.25 bits per heavy atom. The minimum Gasteiger partial charge on any atom is -0.494 e. The van der Waals surface area contributed by atoms with Crippen LogP contribution in [0.25, 0.3) is 0 Å². The van der Waals surface area contributed by atoms with Gasteiger partial charge in [-0.1, -0.05) is 12.1 Å². The van der Waals surface area contributed by atoms with Crippen LogP contribution in [-0.4, -0.2) is 38.0 Å². The molecule has 0 radical (unpaired) electrons. The molecule has 0 fully saturated rings. The summed E-state index contributed by atoms with van der Waals surface area (Å²) in [7, 11) is 1.56.